The highest BCUT2D eigenvalue weighted by Crippen LogP contribution is 2.41. The lowest BCUT2D eigenvalue weighted by Gasteiger charge is -2.56. The highest BCUT2D eigenvalue weighted by molar-refractivity contribution is 5.14. The van der Waals surface area contributed by atoms with Crippen molar-refractivity contribution in [3.8, 4) is 0 Å². The molecule has 0 amide bonds. The van der Waals surface area contributed by atoms with E-state index >= 15 is 0 Å². The third-order valence-electron chi connectivity index (χ3n) is 5.32. The number of hydrogen-bond acceptors (Lipinski definition) is 3. The van der Waals surface area contributed by atoms with Crippen LogP contribution >= 0.6 is 0 Å². The van der Waals surface area contributed by atoms with Crippen LogP contribution in [0.15, 0.2) is 30.3 Å². The van der Waals surface area contributed by atoms with Gasteiger partial charge in [0.25, 0.3) is 0 Å². The minimum absolute atomic E-state index is 0.0302. The number of ether oxygens (including phenoxy) is 2. The molecule has 0 bridgehead atoms. The van der Waals surface area contributed by atoms with Crippen LogP contribution in [0, 0.1) is 0 Å². The first-order chi connectivity index (χ1) is 10.4. The third-order valence-corrected chi connectivity index (χ3v) is 5.32. The van der Waals surface area contributed by atoms with Crippen molar-refractivity contribution in [3.05, 3.63) is 35.9 Å². The largest absolute Gasteiger partial charge is 0.372 e. The predicted octanol–water partition coefficient (Wildman–Crippen LogP) is 3.62. The second kappa shape index (κ2) is 5.95. The van der Waals surface area contributed by atoms with Crippen LogP contribution in [0.2, 0.25) is 0 Å². The standard InChI is InChI=1S/C19H29NO2/c1-18(2)11-10-17(22-13-15-8-6-5-7-9-15)19(3,4)20(18)12-16-14-21-16/h5-9,16-17H,10-14H2,1-4H3. The summed E-state index contributed by atoms with van der Waals surface area (Å²) in [7, 11) is 0. The molecule has 22 heavy (non-hydrogen) atoms. The highest BCUT2D eigenvalue weighted by atomic mass is 16.6. The van der Waals surface area contributed by atoms with E-state index in [1.807, 2.05) is 6.07 Å². The third kappa shape index (κ3) is 3.37. The molecule has 2 saturated heterocycles. The van der Waals surface area contributed by atoms with Crippen LogP contribution in [0.5, 0.6) is 0 Å². The van der Waals surface area contributed by atoms with Crippen LogP contribution in [-0.2, 0) is 16.1 Å². The molecule has 2 heterocycles. The van der Waals surface area contributed by atoms with E-state index in [0.29, 0.717) is 12.7 Å². The summed E-state index contributed by atoms with van der Waals surface area (Å²) < 4.78 is 11.8. The summed E-state index contributed by atoms with van der Waals surface area (Å²) in [5.41, 5.74) is 1.49. The normalized spacial score (nSPS) is 30.2. The monoisotopic (exact) mass is 303 g/mol. The number of hydrogen-bond donors (Lipinski definition) is 0. The molecule has 2 atom stereocenters. The summed E-state index contributed by atoms with van der Waals surface area (Å²) in [4.78, 5) is 2.61. The Morgan fingerprint density at radius 3 is 2.50 bits per heavy atom. The van der Waals surface area contributed by atoms with Gasteiger partial charge in [0.1, 0.15) is 0 Å². The average Bonchev–Trinajstić information content (AvgIpc) is 3.28. The molecule has 122 valence electrons. The summed E-state index contributed by atoms with van der Waals surface area (Å²) >= 11 is 0. The van der Waals surface area contributed by atoms with E-state index in [1.165, 1.54) is 12.0 Å². The quantitative estimate of drug-likeness (QED) is 0.777. The van der Waals surface area contributed by atoms with E-state index in [2.05, 4.69) is 56.9 Å². The van der Waals surface area contributed by atoms with Crippen molar-refractivity contribution in [2.24, 2.45) is 0 Å². The zero-order valence-corrected chi connectivity index (χ0v) is 14.3. The number of nitrogens with zero attached hydrogens (tertiary/aromatic N) is 1. The number of epoxide rings is 1. The summed E-state index contributed by atoms with van der Waals surface area (Å²) in [6.45, 7) is 12.0. The number of piperidine rings is 1. The first-order valence-corrected chi connectivity index (χ1v) is 8.44. The molecular weight excluding hydrogens is 274 g/mol. The summed E-state index contributed by atoms with van der Waals surface area (Å²) in [5.74, 6) is 0. The predicted molar refractivity (Wildman–Crippen MR) is 88.9 cm³/mol. The Labute approximate surface area is 134 Å². The highest BCUT2D eigenvalue weighted by Gasteiger charge is 2.49. The van der Waals surface area contributed by atoms with Gasteiger partial charge in [0, 0.05) is 17.6 Å². The Balaban J connectivity index is 1.68. The van der Waals surface area contributed by atoms with Crippen molar-refractivity contribution in [2.45, 2.75) is 70.4 Å². The number of rotatable bonds is 5. The molecule has 2 aliphatic rings. The zero-order chi connectivity index (χ0) is 15.8. The Kier molecular flexibility index (Phi) is 4.32. The lowest BCUT2D eigenvalue weighted by molar-refractivity contribution is -0.137. The van der Waals surface area contributed by atoms with Gasteiger partial charge in [-0.3, -0.25) is 4.90 Å². The van der Waals surface area contributed by atoms with Crippen molar-refractivity contribution >= 4 is 0 Å². The number of likely N-dealkylation sites (tertiary alicyclic amines) is 1. The smallest absolute Gasteiger partial charge is 0.0936 e. The Hall–Kier alpha value is -0.900. The zero-order valence-electron chi connectivity index (χ0n) is 14.3. The topological polar surface area (TPSA) is 25.0 Å². The molecule has 2 fully saturated rings. The molecule has 0 N–H and O–H groups in total. The minimum Gasteiger partial charge on any atom is -0.372 e. The molecule has 3 nitrogen and oxygen atoms in total. The van der Waals surface area contributed by atoms with Gasteiger partial charge in [-0.25, -0.2) is 0 Å². The molecule has 1 aromatic rings. The molecule has 0 spiro atoms. The Morgan fingerprint density at radius 2 is 1.86 bits per heavy atom. The fourth-order valence-electron chi connectivity index (χ4n) is 3.84. The second-order valence-electron chi connectivity index (χ2n) is 7.86. The van der Waals surface area contributed by atoms with E-state index in [1.54, 1.807) is 0 Å². The molecule has 3 rings (SSSR count). The summed E-state index contributed by atoms with van der Waals surface area (Å²) in [6.07, 6.45) is 2.98. The van der Waals surface area contributed by atoms with Crippen molar-refractivity contribution in [1.82, 2.24) is 4.90 Å². The van der Waals surface area contributed by atoms with Crippen LogP contribution in [0.25, 0.3) is 0 Å². The Bertz CT molecular complexity index is 493. The van der Waals surface area contributed by atoms with E-state index in [0.717, 1.165) is 19.6 Å². The van der Waals surface area contributed by atoms with Crippen molar-refractivity contribution in [1.29, 1.82) is 0 Å². The molecule has 0 aromatic heterocycles. The molecule has 2 aliphatic heterocycles. The van der Waals surface area contributed by atoms with Crippen molar-refractivity contribution in [2.75, 3.05) is 13.2 Å². The van der Waals surface area contributed by atoms with Crippen LogP contribution in [0.4, 0.5) is 0 Å². The molecule has 0 saturated carbocycles. The van der Waals surface area contributed by atoms with E-state index < -0.39 is 0 Å². The lowest BCUT2D eigenvalue weighted by atomic mass is 9.77. The number of benzene rings is 1. The summed E-state index contributed by atoms with van der Waals surface area (Å²) in [6, 6.07) is 10.5. The minimum atomic E-state index is 0.0302. The van der Waals surface area contributed by atoms with Crippen molar-refractivity contribution in [3.63, 3.8) is 0 Å². The van der Waals surface area contributed by atoms with Gasteiger partial charge < -0.3 is 9.47 Å². The van der Waals surface area contributed by atoms with Crippen LogP contribution < -0.4 is 0 Å². The van der Waals surface area contributed by atoms with Crippen LogP contribution in [0.3, 0.4) is 0 Å². The van der Waals surface area contributed by atoms with E-state index in [4.69, 9.17) is 9.47 Å². The van der Waals surface area contributed by atoms with Gasteiger partial charge in [0.05, 0.1) is 25.4 Å². The maximum atomic E-state index is 6.33. The van der Waals surface area contributed by atoms with Gasteiger partial charge in [0.15, 0.2) is 0 Å². The fraction of sp³-hybridized carbons (Fsp3) is 0.684. The van der Waals surface area contributed by atoms with E-state index in [9.17, 15) is 0 Å². The average molecular weight is 303 g/mol. The van der Waals surface area contributed by atoms with Gasteiger partial charge in [-0.15, -0.1) is 0 Å². The second-order valence-corrected chi connectivity index (χ2v) is 7.86. The van der Waals surface area contributed by atoms with Gasteiger partial charge in [-0.1, -0.05) is 30.3 Å². The van der Waals surface area contributed by atoms with Gasteiger partial charge >= 0.3 is 0 Å². The molecule has 1 aromatic carbocycles. The molecule has 0 aliphatic carbocycles. The van der Waals surface area contributed by atoms with Gasteiger partial charge in [-0.2, -0.15) is 0 Å². The Morgan fingerprint density at radius 1 is 1.18 bits per heavy atom. The molecular formula is C19H29NO2. The first kappa shape index (κ1) is 16.0. The SMILES string of the molecule is CC1(C)CCC(OCc2ccccc2)C(C)(C)N1CC1CO1. The first-order valence-electron chi connectivity index (χ1n) is 8.44. The van der Waals surface area contributed by atoms with Gasteiger partial charge in [-0.05, 0) is 46.1 Å². The molecule has 3 heteroatoms. The van der Waals surface area contributed by atoms with E-state index in [-0.39, 0.29) is 17.2 Å². The van der Waals surface area contributed by atoms with Crippen molar-refractivity contribution < 1.29 is 9.47 Å². The maximum absolute atomic E-state index is 6.33. The molecule has 0 radical (unpaired) electrons. The fourth-order valence-corrected chi connectivity index (χ4v) is 3.84. The summed E-state index contributed by atoms with van der Waals surface area (Å²) in [5, 5.41) is 0. The van der Waals surface area contributed by atoms with Crippen LogP contribution in [-0.4, -0.2) is 41.3 Å². The maximum Gasteiger partial charge on any atom is 0.0936 e. The molecule has 2 unspecified atom stereocenters. The van der Waals surface area contributed by atoms with Crippen LogP contribution in [0.1, 0.15) is 46.1 Å². The van der Waals surface area contributed by atoms with Gasteiger partial charge in [0.2, 0.25) is 0 Å². The lowest BCUT2D eigenvalue weighted by Crippen LogP contribution is -2.65.